The van der Waals surface area contributed by atoms with Crippen molar-refractivity contribution < 1.29 is 0 Å². The fourth-order valence-corrected chi connectivity index (χ4v) is 5.26. The second kappa shape index (κ2) is 7.28. The molecule has 0 aliphatic carbocycles. The Hall–Kier alpha value is -3.98. The van der Waals surface area contributed by atoms with Crippen LogP contribution in [0.1, 0.15) is 19.4 Å². The van der Waals surface area contributed by atoms with Gasteiger partial charge in [0.15, 0.2) is 0 Å². The van der Waals surface area contributed by atoms with Crippen LogP contribution in [0.25, 0.3) is 27.5 Å². The van der Waals surface area contributed by atoms with Crippen LogP contribution in [-0.2, 0) is 0 Å². The molecule has 33 heavy (non-hydrogen) atoms. The minimum absolute atomic E-state index is 0.254. The van der Waals surface area contributed by atoms with Gasteiger partial charge >= 0.3 is 0 Å². The average Bonchev–Trinajstić information content (AvgIpc) is 3.34. The maximum atomic E-state index is 2.43. The van der Waals surface area contributed by atoms with Gasteiger partial charge < -0.3 is 14.4 Å². The van der Waals surface area contributed by atoms with Crippen molar-refractivity contribution in [2.24, 2.45) is 0 Å². The van der Waals surface area contributed by atoms with Gasteiger partial charge in [0.25, 0.3) is 0 Å². The molecule has 3 nitrogen and oxygen atoms in total. The van der Waals surface area contributed by atoms with Crippen LogP contribution in [0, 0.1) is 6.92 Å². The van der Waals surface area contributed by atoms with Gasteiger partial charge in [-0.2, -0.15) is 0 Å². The molecule has 0 amide bonds. The van der Waals surface area contributed by atoms with Crippen molar-refractivity contribution >= 4 is 33.2 Å². The lowest BCUT2D eigenvalue weighted by atomic mass is 10.0. The fraction of sp³-hybridized carbons (Fsp3) is 0.133. The SMILES string of the molecule is Cc1ccc2c(c1N1C=CN(c3ccccc3)C1(C)C)c1ccccc1n2-c1ccccc1. The monoisotopic (exact) mass is 429 g/mol. The number of nitrogens with zero attached hydrogens (tertiary/aromatic N) is 3. The van der Waals surface area contributed by atoms with E-state index in [9.17, 15) is 0 Å². The van der Waals surface area contributed by atoms with Crippen molar-refractivity contribution in [3.8, 4) is 5.69 Å². The van der Waals surface area contributed by atoms with Gasteiger partial charge in [-0.25, -0.2) is 0 Å². The number of fused-ring (bicyclic) bond motifs is 3. The summed E-state index contributed by atoms with van der Waals surface area (Å²) >= 11 is 0. The molecule has 0 fully saturated rings. The molecule has 3 heteroatoms. The molecule has 4 aromatic carbocycles. The van der Waals surface area contributed by atoms with Crippen LogP contribution in [0.3, 0.4) is 0 Å². The Morgan fingerprint density at radius 2 is 1.18 bits per heavy atom. The predicted molar refractivity (Wildman–Crippen MR) is 140 cm³/mol. The zero-order valence-electron chi connectivity index (χ0n) is 19.2. The van der Waals surface area contributed by atoms with Crippen molar-refractivity contribution in [2.45, 2.75) is 26.4 Å². The Morgan fingerprint density at radius 3 is 1.91 bits per heavy atom. The number of aromatic nitrogens is 1. The molecule has 1 aliphatic heterocycles. The average molecular weight is 430 g/mol. The standard InChI is InChI=1S/C30H27N3/c1-22-18-19-27-28(25-16-10-11-17-26(25)33(27)24-14-8-5-9-15-24)29(22)32-21-20-31(30(32,2)3)23-12-6-4-7-13-23/h4-21H,1-3H3. The number of benzene rings is 4. The molecule has 162 valence electrons. The summed E-state index contributed by atoms with van der Waals surface area (Å²) in [6, 6.07) is 34.5. The Kier molecular flexibility index (Phi) is 4.34. The van der Waals surface area contributed by atoms with Crippen LogP contribution >= 0.6 is 0 Å². The Labute approximate surface area is 194 Å². The van der Waals surface area contributed by atoms with E-state index < -0.39 is 0 Å². The third kappa shape index (κ3) is 2.89. The van der Waals surface area contributed by atoms with E-state index in [1.54, 1.807) is 0 Å². The Balaban J connectivity index is 1.62. The summed E-state index contributed by atoms with van der Waals surface area (Å²) < 4.78 is 2.38. The van der Waals surface area contributed by atoms with E-state index in [1.807, 2.05) is 0 Å². The summed E-state index contributed by atoms with van der Waals surface area (Å²) in [5.74, 6) is 0. The Bertz CT molecular complexity index is 1490. The molecular weight excluding hydrogens is 402 g/mol. The second-order valence-corrected chi connectivity index (χ2v) is 9.18. The topological polar surface area (TPSA) is 11.4 Å². The van der Waals surface area contributed by atoms with E-state index in [0.717, 1.165) is 0 Å². The molecule has 0 saturated carbocycles. The van der Waals surface area contributed by atoms with E-state index in [4.69, 9.17) is 0 Å². The second-order valence-electron chi connectivity index (χ2n) is 9.18. The van der Waals surface area contributed by atoms with Gasteiger partial charge in [0, 0.05) is 34.5 Å². The van der Waals surface area contributed by atoms with E-state index in [2.05, 4.69) is 145 Å². The molecule has 0 spiro atoms. The van der Waals surface area contributed by atoms with Crippen molar-refractivity contribution in [3.05, 3.63) is 115 Å². The van der Waals surface area contributed by atoms with Crippen LogP contribution in [0.5, 0.6) is 0 Å². The molecule has 5 aromatic rings. The summed E-state index contributed by atoms with van der Waals surface area (Å²) in [5, 5.41) is 2.57. The van der Waals surface area contributed by atoms with E-state index >= 15 is 0 Å². The largest absolute Gasteiger partial charge is 0.323 e. The maximum absolute atomic E-state index is 2.43. The van der Waals surface area contributed by atoms with E-state index in [1.165, 1.54) is 44.4 Å². The van der Waals surface area contributed by atoms with Gasteiger partial charge in [-0.15, -0.1) is 0 Å². The van der Waals surface area contributed by atoms with Crippen molar-refractivity contribution in [3.63, 3.8) is 0 Å². The van der Waals surface area contributed by atoms with Gasteiger partial charge in [0.05, 0.1) is 16.7 Å². The first kappa shape index (κ1) is 19.7. The van der Waals surface area contributed by atoms with E-state index in [-0.39, 0.29) is 5.66 Å². The van der Waals surface area contributed by atoms with Crippen LogP contribution in [0.4, 0.5) is 11.4 Å². The lowest BCUT2D eigenvalue weighted by molar-refractivity contribution is 0.532. The third-order valence-electron chi connectivity index (χ3n) is 6.85. The summed E-state index contributed by atoms with van der Waals surface area (Å²) in [6.07, 6.45) is 4.42. The number of aryl methyl sites for hydroxylation is 1. The first-order valence-electron chi connectivity index (χ1n) is 11.5. The van der Waals surface area contributed by atoms with Gasteiger partial charge in [0.2, 0.25) is 0 Å². The summed E-state index contributed by atoms with van der Waals surface area (Å²) in [7, 11) is 0. The first-order chi connectivity index (χ1) is 16.1. The minimum atomic E-state index is -0.254. The lowest BCUT2D eigenvalue weighted by Crippen LogP contribution is -2.49. The van der Waals surface area contributed by atoms with Crippen LogP contribution in [-0.4, -0.2) is 10.2 Å². The minimum Gasteiger partial charge on any atom is -0.323 e. The number of rotatable bonds is 3. The van der Waals surface area contributed by atoms with Crippen molar-refractivity contribution in [2.75, 3.05) is 9.80 Å². The molecule has 0 unspecified atom stereocenters. The highest BCUT2D eigenvalue weighted by Crippen LogP contribution is 2.45. The molecule has 1 aromatic heterocycles. The molecule has 6 rings (SSSR count). The van der Waals surface area contributed by atoms with E-state index in [0.29, 0.717) is 0 Å². The van der Waals surface area contributed by atoms with Gasteiger partial charge in [-0.1, -0.05) is 60.7 Å². The van der Waals surface area contributed by atoms with Gasteiger partial charge in [-0.3, -0.25) is 0 Å². The maximum Gasteiger partial charge on any atom is 0.115 e. The fourth-order valence-electron chi connectivity index (χ4n) is 5.26. The summed E-state index contributed by atoms with van der Waals surface area (Å²) in [4.78, 5) is 4.78. The third-order valence-corrected chi connectivity index (χ3v) is 6.85. The molecule has 0 saturated heterocycles. The van der Waals surface area contributed by atoms with Crippen LogP contribution in [0.2, 0.25) is 0 Å². The zero-order chi connectivity index (χ0) is 22.6. The Morgan fingerprint density at radius 1 is 0.576 bits per heavy atom. The number of anilines is 2. The highest BCUT2D eigenvalue weighted by atomic mass is 15.4. The molecule has 0 radical (unpaired) electrons. The summed E-state index contributed by atoms with van der Waals surface area (Å²) in [5.41, 5.74) is 7.11. The van der Waals surface area contributed by atoms with Gasteiger partial charge in [-0.05, 0) is 62.7 Å². The highest BCUT2D eigenvalue weighted by Gasteiger charge is 2.38. The smallest absolute Gasteiger partial charge is 0.115 e. The number of hydrogen-bond donors (Lipinski definition) is 0. The quantitative estimate of drug-likeness (QED) is 0.292. The first-order valence-corrected chi connectivity index (χ1v) is 11.5. The molecule has 2 heterocycles. The molecule has 0 atom stereocenters. The van der Waals surface area contributed by atoms with Crippen LogP contribution in [0.15, 0.2) is 109 Å². The molecule has 0 N–H and O–H groups in total. The zero-order valence-corrected chi connectivity index (χ0v) is 19.2. The predicted octanol–water partition coefficient (Wildman–Crippen LogP) is 7.63. The molecule has 1 aliphatic rings. The molecular formula is C30H27N3. The van der Waals surface area contributed by atoms with Crippen molar-refractivity contribution in [1.82, 2.24) is 4.57 Å². The van der Waals surface area contributed by atoms with Crippen molar-refractivity contribution in [1.29, 1.82) is 0 Å². The van der Waals surface area contributed by atoms with Crippen LogP contribution < -0.4 is 9.80 Å². The normalized spacial score (nSPS) is 15.1. The lowest BCUT2D eigenvalue weighted by Gasteiger charge is -2.41. The summed E-state index contributed by atoms with van der Waals surface area (Å²) in [6.45, 7) is 6.79. The van der Waals surface area contributed by atoms with Gasteiger partial charge in [0.1, 0.15) is 5.66 Å². The molecule has 0 bridgehead atoms. The highest BCUT2D eigenvalue weighted by molar-refractivity contribution is 6.16. The number of hydrogen-bond acceptors (Lipinski definition) is 2. The number of para-hydroxylation sites is 3.